The molecular formula is C18H34O8. The normalized spacial score (nSPS) is 14.3. The van der Waals surface area contributed by atoms with E-state index in [0.29, 0.717) is 25.7 Å². The Kier molecular flexibility index (Phi) is 10.6. The van der Waals surface area contributed by atoms with E-state index < -0.39 is 23.5 Å². The van der Waals surface area contributed by atoms with E-state index in [2.05, 4.69) is 0 Å². The third kappa shape index (κ3) is 11.9. The second-order valence-corrected chi connectivity index (χ2v) is 7.53. The van der Waals surface area contributed by atoms with Crippen LogP contribution in [0.2, 0.25) is 0 Å². The molecule has 0 fully saturated rings. The molecule has 0 aliphatic carbocycles. The first-order chi connectivity index (χ1) is 11.9. The van der Waals surface area contributed by atoms with Gasteiger partial charge in [0.2, 0.25) is 0 Å². The minimum atomic E-state index is -0.876. The number of carbonyl (C=O) groups is 2. The lowest BCUT2D eigenvalue weighted by atomic mass is 9.94. The van der Waals surface area contributed by atoms with Crippen LogP contribution in [0.4, 0.5) is 9.59 Å². The molecule has 0 aromatic rings. The first kappa shape index (κ1) is 24.5. The van der Waals surface area contributed by atoms with Crippen molar-refractivity contribution in [1.82, 2.24) is 0 Å². The lowest BCUT2D eigenvalue weighted by Gasteiger charge is -2.28. The monoisotopic (exact) mass is 378 g/mol. The summed E-state index contributed by atoms with van der Waals surface area (Å²) < 4.78 is 9.93. The highest BCUT2D eigenvalue weighted by Gasteiger charge is 2.30. The molecule has 0 rings (SSSR count). The Balaban J connectivity index is 4.24. The molecule has 154 valence electrons. The molecule has 0 N–H and O–H groups in total. The molecule has 2 atom stereocenters. The summed E-state index contributed by atoms with van der Waals surface area (Å²) >= 11 is 0. The van der Waals surface area contributed by atoms with Crippen molar-refractivity contribution in [3.8, 4) is 0 Å². The highest BCUT2D eigenvalue weighted by atomic mass is 17.2. The van der Waals surface area contributed by atoms with Crippen molar-refractivity contribution in [2.24, 2.45) is 0 Å². The fraction of sp³-hybridized carbons (Fsp3) is 0.889. The van der Waals surface area contributed by atoms with Gasteiger partial charge < -0.3 is 9.47 Å². The number of rotatable bonds is 11. The smallest absolute Gasteiger partial charge is 0.429 e. The number of hydrogen-bond acceptors (Lipinski definition) is 8. The van der Waals surface area contributed by atoms with Crippen molar-refractivity contribution in [1.29, 1.82) is 0 Å². The van der Waals surface area contributed by atoms with Crippen LogP contribution in [0.1, 0.15) is 81.1 Å². The van der Waals surface area contributed by atoms with E-state index >= 15 is 0 Å². The van der Waals surface area contributed by atoms with Crippen molar-refractivity contribution in [2.45, 2.75) is 104 Å². The zero-order valence-electron chi connectivity index (χ0n) is 17.2. The summed E-state index contributed by atoms with van der Waals surface area (Å²) in [4.78, 5) is 42.7. The second-order valence-electron chi connectivity index (χ2n) is 7.53. The van der Waals surface area contributed by atoms with Crippen molar-refractivity contribution in [3.63, 3.8) is 0 Å². The maximum Gasteiger partial charge on any atom is 0.540 e. The molecule has 0 aliphatic rings. The Bertz CT molecular complexity index is 393. The average Bonchev–Trinajstić information content (AvgIpc) is 2.56. The summed E-state index contributed by atoms with van der Waals surface area (Å²) in [6.07, 6.45) is 0.0779. The van der Waals surface area contributed by atoms with Crippen LogP contribution in [0.25, 0.3) is 0 Å². The fourth-order valence-corrected chi connectivity index (χ4v) is 1.51. The molecule has 0 amide bonds. The number of carbonyl (C=O) groups excluding carboxylic acids is 2. The molecule has 0 heterocycles. The van der Waals surface area contributed by atoms with Gasteiger partial charge in [0, 0.05) is 0 Å². The van der Waals surface area contributed by atoms with Gasteiger partial charge in [-0.2, -0.15) is 9.78 Å². The van der Waals surface area contributed by atoms with E-state index in [1.807, 2.05) is 13.8 Å². The van der Waals surface area contributed by atoms with Gasteiger partial charge in [-0.25, -0.2) is 9.59 Å². The Hall–Kier alpha value is -1.54. The molecule has 0 bridgehead atoms. The van der Waals surface area contributed by atoms with E-state index in [1.165, 1.54) is 0 Å². The molecule has 0 aliphatic heterocycles. The Morgan fingerprint density at radius 2 is 1.04 bits per heavy atom. The summed E-state index contributed by atoms with van der Waals surface area (Å²) in [6.45, 7) is 14.4. The highest BCUT2D eigenvalue weighted by Crippen LogP contribution is 2.25. The van der Waals surface area contributed by atoms with Gasteiger partial charge in [0.1, 0.15) is 23.4 Å². The Morgan fingerprint density at radius 3 is 1.31 bits per heavy atom. The molecule has 0 radical (unpaired) electrons. The summed E-state index contributed by atoms with van der Waals surface area (Å²) in [7, 11) is 0. The van der Waals surface area contributed by atoms with Crippen LogP contribution < -0.4 is 0 Å². The van der Waals surface area contributed by atoms with Gasteiger partial charge >= 0.3 is 12.3 Å². The van der Waals surface area contributed by atoms with Gasteiger partial charge in [0.05, 0.1) is 0 Å². The van der Waals surface area contributed by atoms with Crippen LogP contribution in [-0.4, -0.2) is 35.7 Å². The number of ether oxygens (including phenoxy) is 2. The first-order valence-electron chi connectivity index (χ1n) is 9.03. The SMILES string of the molecule is CCC(C)OC(=O)OOC(C)(C)CCC(C)(C)OOC(=O)OC(C)CC. The maximum atomic E-state index is 11.5. The van der Waals surface area contributed by atoms with Gasteiger partial charge in [-0.3, -0.25) is 9.78 Å². The van der Waals surface area contributed by atoms with Crippen molar-refractivity contribution >= 4 is 12.3 Å². The van der Waals surface area contributed by atoms with E-state index in [1.54, 1.807) is 41.5 Å². The fourth-order valence-electron chi connectivity index (χ4n) is 1.51. The minimum absolute atomic E-state index is 0.242. The second kappa shape index (κ2) is 11.2. The van der Waals surface area contributed by atoms with E-state index in [9.17, 15) is 9.59 Å². The van der Waals surface area contributed by atoms with Gasteiger partial charge in [0.15, 0.2) is 0 Å². The summed E-state index contributed by atoms with van der Waals surface area (Å²) in [5, 5.41) is 0. The van der Waals surface area contributed by atoms with Gasteiger partial charge in [-0.15, -0.1) is 0 Å². The predicted molar refractivity (Wildman–Crippen MR) is 94.2 cm³/mol. The standard InChI is InChI=1S/C18H34O8/c1-9-13(3)21-15(19)23-25-17(5,6)11-12-18(7,8)26-24-16(20)22-14(4)10-2/h13-14H,9-12H2,1-8H3. The van der Waals surface area contributed by atoms with Crippen molar-refractivity contribution in [2.75, 3.05) is 0 Å². The average molecular weight is 378 g/mol. The summed E-state index contributed by atoms with van der Waals surface area (Å²) in [5.41, 5.74) is -1.54. The molecule has 0 saturated heterocycles. The highest BCUT2D eigenvalue weighted by molar-refractivity contribution is 5.59. The van der Waals surface area contributed by atoms with Crippen molar-refractivity contribution in [3.05, 3.63) is 0 Å². The van der Waals surface area contributed by atoms with Crippen LogP contribution in [0.15, 0.2) is 0 Å². The molecule has 0 spiro atoms. The van der Waals surface area contributed by atoms with Crippen molar-refractivity contribution < 1.29 is 38.6 Å². The quantitative estimate of drug-likeness (QED) is 0.279. The molecular weight excluding hydrogens is 344 g/mol. The minimum Gasteiger partial charge on any atom is -0.429 e. The first-order valence-corrected chi connectivity index (χ1v) is 9.03. The predicted octanol–water partition coefficient (Wildman–Crippen LogP) is 5.09. The van der Waals surface area contributed by atoms with E-state index in [4.69, 9.17) is 29.0 Å². The van der Waals surface area contributed by atoms with Crippen LogP contribution >= 0.6 is 0 Å². The van der Waals surface area contributed by atoms with E-state index in [-0.39, 0.29) is 12.2 Å². The summed E-state index contributed by atoms with van der Waals surface area (Å²) in [6, 6.07) is 0. The third-order valence-electron chi connectivity index (χ3n) is 3.74. The zero-order valence-corrected chi connectivity index (χ0v) is 17.2. The van der Waals surface area contributed by atoms with Gasteiger partial charge in [-0.05, 0) is 67.2 Å². The van der Waals surface area contributed by atoms with Gasteiger partial charge in [-0.1, -0.05) is 13.8 Å². The Labute approximate surface area is 156 Å². The third-order valence-corrected chi connectivity index (χ3v) is 3.74. The summed E-state index contributed by atoms with van der Waals surface area (Å²) in [5.74, 6) is 0. The number of hydrogen-bond donors (Lipinski definition) is 0. The lowest BCUT2D eigenvalue weighted by Crippen LogP contribution is -2.33. The Morgan fingerprint density at radius 1 is 0.731 bits per heavy atom. The molecule has 2 unspecified atom stereocenters. The molecule has 26 heavy (non-hydrogen) atoms. The van der Waals surface area contributed by atoms with Gasteiger partial charge in [0.25, 0.3) is 0 Å². The molecule has 0 saturated carbocycles. The van der Waals surface area contributed by atoms with Crippen LogP contribution in [0, 0.1) is 0 Å². The topological polar surface area (TPSA) is 89.5 Å². The largest absolute Gasteiger partial charge is 0.540 e. The maximum absolute atomic E-state index is 11.5. The molecule has 8 nitrogen and oxygen atoms in total. The zero-order chi connectivity index (χ0) is 20.4. The molecule has 0 aromatic carbocycles. The van der Waals surface area contributed by atoms with Crippen LogP contribution in [-0.2, 0) is 29.0 Å². The van der Waals surface area contributed by atoms with E-state index in [0.717, 1.165) is 0 Å². The molecule has 0 aromatic heterocycles. The van der Waals surface area contributed by atoms with Crippen LogP contribution in [0.5, 0.6) is 0 Å². The molecule has 8 heteroatoms. The lowest BCUT2D eigenvalue weighted by molar-refractivity contribution is -0.336. The van der Waals surface area contributed by atoms with Crippen LogP contribution in [0.3, 0.4) is 0 Å².